The van der Waals surface area contributed by atoms with Crippen LogP contribution in [-0.4, -0.2) is 22.8 Å². The Bertz CT molecular complexity index is 950. The Morgan fingerprint density at radius 2 is 2.00 bits per heavy atom. The monoisotopic (exact) mass is 369 g/mol. The van der Waals surface area contributed by atoms with Gasteiger partial charge >= 0.3 is 0 Å². The summed E-state index contributed by atoms with van der Waals surface area (Å²) in [6.07, 6.45) is 0.246. The Hall–Kier alpha value is -2.79. The first-order chi connectivity index (χ1) is 12.5. The molecule has 1 aromatic heterocycles. The summed E-state index contributed by atoms with van der Waals surface area (Å²) >= 11 is 6.07. The van der Waals surface area contributed by atoms with Gasteiger partial charge in [-0.1, -0.05) is 29.8 Å². The van der Waals surface area contributed by atoms with Crippen molar-refractivity contribution in [3.05, 3.63) is 70.4 Å². The highest BCUT2D eigenvalue weighted by Crippen LogP contribution is 2.22. The first kappa shape index (κ1) is 18.0. The van der Waals surface area contributed by atoms with Gasteiger partial charge in [-0.05, 0) is 49.2 Å². The molecule has 1 N–H and O–H groups in total. The van der Waals surface area contributed by atoms with Gasteiger partial charge < -0.3 is 10.1 Å². The number of aryl methyl sites for hydroxylation is 2. The number of halogens is 1. The van der Waals surface area contributed by atoms with Crippen molar-refractivity contribution in [2.75, 3.05) is 12.4 Å². The second-order valence-electron chi connectivity index (χ2n) is 6.09. The molecule has 0 saturated carbocycles. The molecular weight excluding hydrogens is 350 g/mol. The highest BCUT2D eigenvalue weighted by atomic mass is 35.5. The van der Waals surface area contributed by atoms with Crippen LogP contribution in [0.4, 0.5) is 5.82 Å². The van der Waals surface area contributed by atoms with E-state index in [1.54, 1.807) is 23.9 Å². The summed E-state index contributed by atoms with van der Waals surface area (Å²) in [5, 5.41) is 7.98. The molecule has 26 heavy (non-hydrogen) atoms. The molecule has 0 aliphatic carbocycles. The maximum Gasteiger partial charge on any atom is 0.229 e. The third kappa shape index (κ3) is 4.06. The molecule has 1 heterocycles. The van der Waals surface area contributed by atoms with Crippen LogP contribution in [0.1, 0.15) is 16.8 Å². The predicted octanol–water partition coefficient (Wildman–Crippen LogP) is 4.33. The van der Waals surface area contributed by atoms with Gasteiger partial charge in [0.15, 0.2) is 0 Å². The van der Waals surface area contributed by atoms with Gasteiger partial charge in [0, 0.05) is 11.1 Å². The first-order valence-electron chi connectivity index (χ1n) is 8.22. The number of nitrogens with one attached hydrogen (secondary N) is 1. The fraction of sp³-hybridized carbons (Fsp3) is 0.200. The zero-order valence-electron chi connectivity index (χ0n) is 14.9. The van der Waals surface area contributed by atoms with Gasteiger partial charge in [-0.25, -0.2) is 4.68 Å². The van der Waals surface area contributed by atoms with Crippen LogP contribution in [0.25, 0.3) is 5.69 Å². The fourth-order valence-corrected chi connectivity index (χ4v) is 2.92. The predicted molar refractivity (Wildman–Crippen MR) is 103 cm³/mol. The van der Waals surface area contributed by atoms with Gasteiger partial charge in [-0.3, -0.25) is 4.79 Å². The zero-order valence-corrected chi connectivity index (χ0v) is 15.7. The normalized spacial score (nSPS) is 10.6. The van der Waals surface area contributed by atoms with E-state index in [1.807, 2.05) is 50.2 Å². The van der Waals surface area contributed by atoms with Gasteiger partial charge in [0.1, 0.15) is 11.6 Å². The van der Waals surface area contributed by atoms with Crippen molar-refractivity contribution in [3.8, 4) is 11.4 Å². The number of anilines is 1. The van der Waals surface area contributed by atoms with Gasteiger partial charge in [0.2, 0.25) is 5.91 Å². The fourth-order valence-electron chi connectivity index (χ4n) is 2.74. The van der Waals surface area contributed by atoms with Crippen molar-refractivity contribution in [1.82, 2.24) is 9.78 Å². The van der Waals surface area contributed by atoms with E-state index in [0.717, 1.165) is 28.3 Å². The average Bonchev–Trinajstić information content (AvgIpc) is 2.96. The first-order valence-corrected chi connectivity index (χ1v) is 8.60. The van der Waals surface area contributed by atoms with Crippen LogP contribution in [-0.2, 0) is 11.2 Å². The van der Waals surface area contributed by atoms with E-state index in [9.17, 15) is 4.79 Å². The van der Waals surface area contributed by atoms with Crippen LogP contribution >= 0.6 is 11.6 Å². The molecule has 0 bridgehead atoms. The average molecular weight is 370 g/mol. The van der Waals surface area contributed by atoms with Crippen LogP contribution in [0.2, 0.25) is 5.02 Å². The number of carbonyl (C=O) groups excluding carboxylic acids is 1. The van der Waals surface area contributed by atoms with Crippen LogP contribution in [0, 0.1) is 13.8 Å². The van der Waals surface area contributed by atoms with Crippen molar-refractivity contribution < 1.29 is 9.53 Å². The number of hydrogen-bond acceptors (Lipinski definition) is 3. The summed E-state index contributed by atoms with van der Waals surface area (Å²) in [6, 6.07) is 14.9. The molecule has 0 saturated heterocycles. The molecule has 0 spiro atoms. The summed E-state index contributed by atoms with van der Waals surface area (Å²) in [6.45, 7) is 3.84. The van der Waals surface area contributed by atoms with Crippen molar-refractivity contribution in [1.29, 1.82) is 0 Å². The zero-order chi connectivity index (χ0) is 18.7. The Morgan fingerprint density at radius 3 is 2.73 bits per heavy atom. The van der Waals surface area contributed by atoms with Crippen LogP contribution in [0.3, 0.4) is 0 Å². The van der Waals surface area contributed by atoms with E-state index in [-0.39, 0.29) is 12.3 Å². The number of rotatable bonds is 5. The van der Waals surface area contributed by atoms with E-state index in [4.69, 9.17) is 16.3 Å². The van der Waals surface area contributed by atoms with Crippen molar-refractivity contribution in [3.63, 3.8) is 0 Å². The smallest absolute Gasteiger partial charge is 0.229 e. The quantitative estimate of drug-likeness (QED) is 0.728. The van der Waals surface area contributed by atoms with E-state index in [0.29, 0.717) is 10.8 Å². The minimum Gasteiger partial charge on any atom is -0.496 e. The Morgan fingerprint density at radius 1 is 1.19 bits per heavy atom. The molecule has 1 amide bonds. The molecule has 0 aliphatic heterocycles. The van der Waals surface area contributed by atoms with Crippen LogP contribution < -0.4 is 10.1 Å². The lowest BCUT2D eigenvalue weighted by Crippen LogP contribution is -2.17. The molecule has 2 aromatic carbocycles. The summed E-state index contributed by atoms with van der Waals surface area (Å²) in [5.41, 5.74) is 3.51. The highest BCUT2D eigenvalue weighted by Gasteiger charge is 2.12. The van der Waals surface area contributed by atoms with Gasteiger partial charge in [-0.15, -0.1) is 0 Å². The molecule has 0 atom stereocenters. The molecule has 0 fully saturated rings. The van der Waals surface area contributed by atoms with E-state index >= 15 is 0 Å². The largest absolute Gasteiger partial charge is 0.496 e. The standard InChI is InChI=1S/C20H20ClN3O2/c1-13-7-8-15(10-18(13)26-3)11-20(25)22-19-9-14(2)23-24(19)17-6-4-5-16(21)12-17/h4-10,12H,11H2,1-3H3,(H,22,25). The lowest BCUT2D eigenvalue weighted by Gasteiger charge is -2.10. The van der Waals surface area contributed by atoms with Crippen LogP contribution in [0.5, 0.6) is 5.75 Å². The minimum atomic E-state index is -0.126. The van der Waals surface area contributed by atoms with Gasteiger partial charge in [0.05, 0.1) is 24.9 Å². The molecule has 134 valence electrons. The van der Waals surface area contributed by atoms with Crippen molar-refractivity contribution >= 4 is 23.3 Å². The maximum absolute atomic E-state index is 12.5. The molecule has 5 nitrogen and oxygen atoms in total. The number of benzene rings is 2. The van der Waals surface area contributed by atoms with Crippen molar-refractivity contribution in [2.24, 2.45) is 0 Å². The number of carbonyl (C=O) groups is 1. The SMILES string of the molecule is COc1cc(CC(=O)Nc2cc(C)nn2-c2cccc(Cl)c2)ccc1C. The van der Waals surface area contributed by atoms with Gasteiger partial charge in [0.25, 0.3) is 0 Å². The molecule has 0 radical (unpaired) electrons. The van der Waals surface area contributed by atoms with E-state index in [1.165, 1.54) is 0 Å². The van der Waals surface area contributed by atoms with E-state index < -0.39 is 0 Å². The summed E-state index contributed by atoms with van der Waals surface area (Å²) < 4.78 is 6.99. The third-order valence-corrected chi connectivity index (χ3v) is 4.22. The minimum absolute atomic E-state index is 0.126. The number of hydrogen-bond donors (Lipinski definition) is 1. The summed E-state index contributed by atoms with van der Waals surface area (Å²) in [4.78, 5) is 12.5. The third-order valence-electron chi connectivity index (χ3n) is 3.99. The topological polar surface area (TPSA) is 56.1 Å². The second kappa shape index (κ2) is 7.62. The number of ether oxygens (including phenoxy) is 1. The highest BCUT2D eigenvalue weighted by molar-refractivity contribution is 6.30. The van der Waals surface area contributed by atoms with E-state index in [2.05, 4.69) is 10.4 Å². The second-order valence-corrected chi connectivity index (χ2v) is 6.53. The number of aromatic nitrogens is 2. The maximum atomic E-state index is 12.5. The summed E-state index contributed by atoms with van der Waals surface area (Å²) in [7, 11) is 1.62. The Kier molecular flexibility index (Phi) is 5.28. The number of nitrogens with zero attached hydrogens (tertiary/aromatic N) is 2. The van der Waals surface area contributed by atoms with Crippen molar-refractivity contribution in [2.45, 2.75) is 20.3 Å². The molecular formula is C20H20ClN3O2. The molecule has 0 unspecified atom stereocenters. The Balaban J connectivity index is 1.80. The lowest BCUT2D eigenvalue weighted by molar-refractivity contribution is -0.115. The molecule has 6 heteroatoms. The number of amides is 1. The lowest BCUT2D eigenvalue weighted by atomic mass is 10.1. The summed E-state index contributed by atoms with van der Waals surface area (Å²) in [5.74, 6) is 1.25. The van der Waals surface area contributed by atoms with Crippen LogP contribution in [0.15, 0.2) is 48.5 Å². The number of methoxy groups -OCH3 is 1. The molecule has 3 aromatic rings. The van der Waals surface area contributed by atoms with Gasteiger partial charge in [-0.2, -0.15) is 5.10 Å². The Labute approximate surface area is 157 Å². The molecule has 0 aliphatic rings. The molecule has 3 rings (SSSR count).